The van der Waals surface area contributed by atoms with E-state index < -0.39 is 17.8 Å². The van der Waals surface area contributed by atoms with E-state index in [-0.39, 0.29) is 11.5 Å². The number of halogens is 3. The van der Waals surface area contributed by atoms with Crippen LogP contribution in [0.5, 0.6) is 0 Å². The van der Waals surface area contributed by atoms with Gasteiger partial charge in [-0.25, -0.2) is 0 Å². The fraction of sp³-hybridized carbons (Fsp3) is 0.643. The van der Waals surface area contributed by atoms with Crippen molar-refractivity contribution in [2.45, 2.75) is 50.7 Å². The maximum absolute atomic E-state index is 13.1. The molecule has 3 nitrogen and oxygen atoms in total. The second-order valence-electron chi connectivity index (χ2n) is 5.36. The van der Waals surface area contributed by atoms with Gasteiger partial charge in [0.2, 0.25) is 0 Å². The molecule has 0 bridgehead atoms. The van der Waals surface area contributed by atoms with E-state index >= 15 is 0 Å². The minimum atomic E-state index is -4.38. The number of alkyl halides is 3. The van der Waals surface area contributed by atoms with Crippen molar-refractivity contribution < 1.29 is 13.2 Å². The van der Waals surface area contributed by atoms with Crippen molar-refractivity contribution in [1.82, 2.24) is 10.4 Å². The molecule has 2 rings (SSSR count). The van der Waals surface area contributed by atoms with Gasteiger partial charge >= 0.3 is 6.18 Å². The smallest absolute Gasteiger partial charge is 0.271 e. The zero-order chi connectivity index (χ0) is 14.6. The van der Waals surface area contributed by atoms with Gasteiger partial charge in [0, 0.05) is 18.0 Å². The first-order chi connectivity index (χ1) is 9.54. The molecule has 1 aliphatic carbocycles. The second kappa shape index (κ2) is 6.54. The number of aromatic nitrogens is 1. The molecule has 1 aromatic heterocycles. The number of hydrazine groups is 1. The molecule has 1 heterocycles. The Labute approximate surface area is 116 Å². The number of pyridine rings is 1. The third kappa shape index (κ3) is 3.49. The highest BCUT2D eigenvalue weighted by molar-refractivity contribution is 5.29. The molecule has 1 unspecified atom stereocenters. The predicted octanol–water partition coefficient (Wildman–Crippen LogP) is 3.58. The molecule has 0 radical (unpaired) electrons. The molecule has 1 aromatic rings. The van der Waals surface area contributed by atoms with Crippen LogP contribution in [0.3, 0.4) is 0 Å². The summed E-state index contributed by atoms with van der Waals surface area (Å²) in [5.41, 5.74) is 2.11. The van der Waals surface area contributed by atoms with Crippen LogP contribution in [-0.2, 0) is 6.18 Å². The Balaban J connectivity index is 2.31. The average molecular weight is 287 g/mol. The van der Waals surface area contributed by atoms with E-state index in [1.165, 1.54) is 12.4 Å². The zero-order valence-corrected chi connectivity index (χ0v) is 11.3. The summed E-state index contributed by atoms with van der Waals surface area (Å²) < 4.78 is 39.3. The minimum Gasteiger partial charge on any atom is -0.271 e. The molecule has 1 aliphatic rings. The normalized spacial score (nSPS) is 19.6. The van der Waals surface area contributed by atoms with Crippen LogP contribution < -0.4 is 11.3 Å². The molecule has 6 heteroatoms. The summed E-state index contributed by atoms with van der Waals surface area (Å²) >= 11 is 0. The van der Waals surface area contributed by atoms with Crippen LogP contribution >= 0.6 is 0 Å². The van der Waals surface area contributed by atoms with Gasteiger partial charge in [0.1, 0.15) is 0 Å². The third-order valence-electron chi connectivity index (χ3n) is 4.04. The molecule has 1 fully saturated rings. The molecule has 0 spiro atoms. The number of hydrogen-bond acceptors (Lipinski definition) is 3. The molecule has 1 atom stereocenters. The standard InChI is InChI=1S/C14H20F3N3/c15-14(16,17)12-7-8-19-9-11(12)13(20-18)10-5-3-1-2-4-6-10/h7-10,13,20H,1-6,18H2. The van der Waals surface area contributed by atoms with Crippen LogP contribution in [0.1, 0.15) is 55.7 Å². The molecule has 1 saturated carbocycles. The van der Waals surface area contributed by atoms with Crippen LogP contribution in [0.2, 0.25) is 0 Å². The van der Waals surface area contributed by atoms with Crippen LogP contribution in [-0.4, -0.2) is 4.98 Å². The van der Waals surface area contributed by atoms with Crippen molar-refractivity contribution in [3.63, 3.8) is 0 Å². The van der Waals surface area contributed by atoms with Crippen molar-refractivity contribution in [1.29, 1.82) is 0 Å². The van der Waals surface area contributed by atoms with Gasteiger partial charge in [-0.05, 0) is 24.8 Å². The Morgan fingerprint density at radius 1 is 1.20 bits per heavy atom. The van der Waals surface area contributed by atoms with E-state index in [1.54, 1.807) is 0 Å². The third-order valence-corrected chi connectivity index (χ3v) is 4.04. The first-order valence-electron chi connectivity index (χ1n) is 7.01. The van der Waals surface area contributed by atoms with E-state index in [0.717, 1.165) is 44.6 Å². The summed E-state index contributed by atoms with van der Waals surface area (Å²) in [6.45, 7) is 0. The lowest BCUT2D eigenvalue weighted by atomic mass is 9.86. The SMILES string of the molecule is NNC(c1cnccc1C(F)(F)F)C1CCCCCC1. The highest BCUT2D eigenvalue weighted by Gasteiger charge is 2.37. The molecule has 3 N–H and O–H groups in total. The van der Waals surface area contributed by atoms with E-state index in [1.807, 2.05) is 0 Å². The molecular formula is C14H20F3N3. The van der Waals surface area contributed by atoms with E-state index in [4.69, 9.17) is 5.84 Å². The number of nitrogens with one attached hydrogen (secondary N) is 1. The first kappa shape index (κ1) is 15.3. The molecule has 0 aliphatic heterocycles. The highest BCUT2D eigenvalue weighted by atomic mass is 19.4. The molecule has 0 amide bonds. The fourth-order valence-corrected chi connectivity index (χ4v) is 3.04. The van der Waals surface area contributed by atoms with Crippen molar-refractivity contribution in [3.05, 3.63) is 29.6 Å². The van der Waals surface area contributed by atoms with Gasteiger partial charge in [0.25, 0.3) is 0 Å². The first-order valence-corrected chi connectivity index (χ1v) is 7.01. The number of rotatable bonds is 3. The van der Waals surface area contributed by atoms with Crippen LogP contribution in [0, 0.1) is 5.92 Å². The molecule has 0 saturated heterocycles. The van der Waals surface area contributed by atoms with Gasteiger partial charge in [-0.3, -0.25) is 16.3 Å². The Morgan fingerprint density at radius 3 is 2.40 bits per heavy atom. The summed E-state index contributed by atoms with van der Waals surface area (Å²) in [7, 11) is 0. The topological polar surface area (TPSA) is 50.9 Å². The fourth-order valence-electron chi connectivity index (χ4n) is 3.04. The average Bonchev–Trinajstić information content (AvgIpc) is 2.68. The number of hydrogen-bond donors (Lipinski definition) is 2. The van der Waals surface area contributed by atoms with E-state index in [9.17, 15) is 13.2 Å². The summed E-state index contributed by atoms with van der Waals surface area (Å²) in [5, 5.41) is 0. The van der Waals surface area contributed by atoms with Crippen molar-refractivity contribution >= 4 is 0 Å². The molecule has 0 aromatic carbocycles. The number of nitrogens with zero attached hydrogens (tertiary/aromatic N) is 1. The minimum absolute atomic E-state index is 0.132. The summed E-state index contributed by atoms with van der Waals surface area (Å²) in [5.74, 6) is 5.69. The monoisotopic (exact) mass is 287 g/mol. The molecular weight excluding hydrogens is 267 g/mol. The van der Waals surface area contributed by atoms with Crippen LogP contribution in [0.15, 0.2) is 18.5 Å². The quantitative estimate of drug-likeness (QED) is 0.507. The van der Waals surface area contributed by atoms with Gasteiger partial charge in [0.15, 0.2) is 0 Å². The maximum atomic E-state index is 13.1. The Bertz CT molecular complexity index is 426. The van der Waals surface area contributed by atoms with Gasteiger partial charge in [-0.1, -0.05) is 25.7 Å². The zero-order valence-electron chi connectivity index (χ0n) is 11.3. The largest absolute Gasteiger partial charge is 0.416 e. The van der Waals surface area contributed by atoms with Crippen LogP contribution in [0.4, 0.5) is 13.2 Å². The lowest BCUT2D eigenvalue weighted by molar-refractivity contribution is -0.138. The Hall–Kier alpha value is -1.14. The van der Waals surface area contributed by atoms with Gasteiger partial charge in [-0.2, -0.15) is 13.2 Å². The van der Waals surface area contributed by atoms with E-state index in [0.29, 0.717) is 0 Å². The Morgan fingerprint density at radius 2 is 1.85 bits per heavy atom. The second-order valence-corrected chi connectivity index (χ2v) is 5.36. The summed E-state index contributed by atoms with van der Waals surface area (Å²) in [4.78, 5) is 3.85. The lowest BCUT2D eigenvalue weighted by Crippen LogP contribution is -2.35. The Kier molecular flexibility index (Phi) is 4.99. The van der Waals surface area contributed by atoms with Crippen molar-refractivity contribution in [3.8, 4) is 0 Å². The van der Waals surface area contributed by atoms with E-state index in [2.05, 4.69) is 10.4 Å². The number of nitrogens with two attached hydrogens (primary N) is 1. The van der Waals surface area contributed by atoms with Gasteiger partial charge in [-0.15, -0.1) is 0 Å². The lowest BCUT2D eigenvalue weighted by Gasteiger charge is -2.27. The van der Waals surface area contributed by atoms with Crippen LogP contribution in [0.25, 0.3) is 0 Å². The van der Waals surface area contributed by atoms with Crippen molar-refractivity contribution in [2.24, 2.45) is 11.8 Å². The summed E-state index contributed by atoms with van der Waals surface area (Å²) in [6, 6.07) is 0.537. The maximum Gasteiger partial charge on any atom is 0.416 e. The van der Waals surface area contributed by atoms with Crippen molar-refractivity contribution in [2.75, 3.05) is 0 Å². The highest BCUT2D eigenvalue weighted by Crippen LogP contribution is 2.39. The van der Waals surface area contributed by atoms with Gasteiger partial charge < -0.3 is 0 Å². The molecule has 20 heavy (non-hydrogen) atoms. The molecule has 112 valence electrons. The van der Waals surface area contributed by atoms with Gasteiger partial charge in [0.05, 0.1) is 11.6 Å². The predicted molar refractivity (Wildman–Crippen MR) is 70.5 cm³/mol. The summed E-state index contributed by atoms with van der Waals surface area (Å²) in [6.07, 6.45) is 4.28.